The summed E-state index contributed by atoms with van der Waals surface area (Å²) in [7, 11) is 0. The molecule has 0 saturated heterocycles. The maximum absolute atomic E-state index is 5.91. The molecule has 1 aromatic heterocycles. The summed E-state index contributed by atoms with van der Waals surface area (Å²) in [6.45, 7) is 5.43. The third kappa shape index (κ3) is 2.83. The van der Waals surface area contributed by atoms with Gasteiger partial charge in [0.2, 0.25) is 0 Å². The molecule has 3 atom stereocenters. The molecule has 2 rings (SSSR count). The predicted octanol–water partition coefficient (Wildman–Crippen LogP) is 2.59. The van der Waals surface area contributed by atoms with Crippen LogP contribution in [0.4, 0.5) is 0 Å². The van der Waals surface area contributed by atoms with E-state index in [9.17, 15) is 0 Å². The van der Waals surface area contributed by atoms with Crippen LogP contribution < -0.4 is 5.73 Å². The molecule has 3 unspecified atom stereocenters. The number of rotatable bonds is 3. The first kappa shape index (κ1) is 12.5. The fraction of sp³-hybridized carbons (Fsp3) is 0.714. The monoisotopic (exact) mass is 233 g/mol. The fourth-order valence-corrected chi connectivity index (χ4v) is 3.06. The molecule has 3 nitrogen and oxygen atoms in total. The summed E-state index contributed by atoms with van der Waals surface area (Å²) < 4.78 is 0. The molecule has 0 spiro atoms. The van der Waals surface area contributed by atoms with Crippen molar-refractivity contribution in [2.24, 2.45) is 23.5 Å². The second-order valence-electron chi connectivity index (χ2n) is 5.59. The molecule has 0 amide bonds. The zero-order valence-electron chi connectivity index (χ0n) is 10.8. The highest BCUT2D eigenvalue weighted by molar-refractivity contribution is 5.13. The Balaban J connectivity index is 2.16. The van der Waals surface area contributed by atoms with Gasteiger partial charge in [-0.15, -0.1) is 0 Å². The van der Waals surface area contributed by atoms with Crippen LogP contribution in [0.1, 0.15) is 44.6 Å². The van der Waals surface area contributed by atoms with Gasteiger partial charge in [-0.25, -0.2) is 9.97 Å². The number of hydrogen-bond donors (Lipinski definition) is 1. The van der Waals surface area contributed by atoms with Gasteiger partial charge in [-0.2, -0.15) is 0 Å². The van der Waals surface area contributed by atoms with Crippen molar-refractivity contribution >= 4 is 0 Å². The Morgan fingerprint density at radius 1 is 1.29 bits per heavy atom. The van der Waals surface area contributed by atoms with Crippen LogP contribution in [-0.2, 0) is 0 Å². The molecule has 1 aromatic rings. The van der Waals surface area contributed by atoms with Gasteiger partial charge in [0, 0.05) is 12.4 Å². The zero-order valence-corrected chi connectivity index (χ0v) is 10.8. The Bertz CT molecular complexity index is 337. The van der Waals surface area contributed by atoms with E-state index in [-0.39, 0.29) is 0 Å². The largest absolute Gasteiger partial charge is 0.330 e. The molecular formula is C14H23N3. The van der Waals surface area contributed by atoms with Gasteiger partial charge in [-0.1, -0.05) is 13.8 Å². The molecule has 0 bridgehead atoms. The van der Waals surface area contributed by atoms with Gasteiger partial charge < -0.3 is 5.73 Å². The molecule has 17 heavy (non-hydrogen) atoms. The summed E-state index contributed by atoms with van der Waals surface area (Å²) >= 11 is 0. The van der Waals surface area contributed by atoms with Crippen molar-refractivity contribution in [3.8, 4) is 0 Å². The van der Waals surface area contributed by atoms with Crippen LogP contribution >= 0.6 is 0 Å². The van der Waals surface area contributed by atoms with Crippen molar-refractivity contribution in [1.82, 2.24) is 9.97 Å². The van der Waals surface area contributed by atoms with Crippen molar-refractivity contribution in [3.63, 3.8) is 0 Å². The molecule has 0 aliphatic heterocycles. The molecule has 0 aromatic carbocycles. The van der Waals surface area contributed by atoms with Crippen LogP contribution in [0.15, 0.2) is 18.7 Å². The Hall–Kier alpha value is -0.960. The van der Waals surface area contributed by atoms with Crippen LogP contribution in [0, 0.1) is 17.8 Å². The summed E-state index contributed by atoms with van der Waals surface area (Å²) in [5.74, 6) is 2.75. The van der Waals surface area contributed by atoms with Crippen molar-refractivity contribution < 1.29 is 0 Å². The van der Waals surface area contributed by atoms with Gasteiger partial charge >= 0.3 is 0 Å². The van der Waals surface area contributed by atoms with Gasteiger partial charge in [-0.3, -0.25) is 0 Å². The number of nitrogens with two attached hydrogens (primary N) is 1. The molecule has 3 heteroatoms. The lowest BCUT2D eigenvalue weighted by atomic mass is 9.69. The number of nitrogens with zero attached hydrogens (tertiary/aromatic N) is 2. The fourth-order valence-electron chi connectivity index (χ4n) is 3.06. The van der Waals surface area contributed by atoms with Crippen molar-refractivity contribution in [2.75, 3.05) is 6.54 Å². The van der Waals surface area contributed by atoms with E-state index in [0.717, 1.165) is 18.4 Å². The third-order valence-electron chi connectivity index (χ3n) is 4.29. The molecule has 1 aliphatic rings. The van der Waals surface area contributed by atoms with E-state index in [1.165, 1.54) is 24.8 Å². The second kappa shape index (κ2) is 5.58. The number of hydrogen-bond acceptors (Lipinski definition) is 3. The summed E-state index contributed by atoms with van der Waals surface area (Å²) in [4.78, 5) is 8.29. The Morgan fingerprint density at radius 3 is 2.59 bits per heavy atom. The molecule has 0 radical (unpaired) electrons. The highest BCUT2D eigenvalue weighted by atomic mass is 14.8. The summed E-state index contributed by atoms with van der Waals surface area (Å²) in [5.41, 5.74) is 7.18. The lowest BCUT2D eigenvalue weighted by Crippen LogP contribution is -2.30. The maximum atomic E-state index is 5.91. The Morgan fingerprint density at radius 2 is 2.00 bits per heavy atom. The van der Waals surface area contributed by atoms with Crippen LogP contribution in [0.2, 0.25) is 0 Å². The van der Waals surface area contributed by atoms with Crippen molar-refractivity contribution in [2.45, 2.75) is 39.0 Å². The van der Waals surface area contributed by atoms with Gasteiger partial charge in [0.25, 0.3) is 0 Å². The van der Waals surface area contributed by atoms with E-state index >= 15 is 0 Å². The van der Waals surface area contributed by atoms with Crippen LogP contribution in [0.3, 0.4) is 0 Å². The molecule has 94 valence electrons. The normalized spacial score (nSPS) is 29.5. The van der Waals surface area contributed by atoms with Crippen LogP contribution in [0.25, 0.3) is 0 Å². The molecule has 1 heterocycles. The lowest BCUT2D eigenvalue weighted by molar-refractivity contribution is 0.197. The standard InChI is InChI=1S/C14H23N3/c1-10(2)11-3-4-12(6-15)14(5-11)13-7-16-9-17-8-13/h7-12,14H,3-6,15H2,1-2H3. The third-order valence-corrected chi connectivity index (χ3v) is 4.29. The topological polar surface area (TPSA) is 51.8 Å². The van der Waals surface area contributed by atoms with E-state index in [0.29, 0.717) is 11.8 Å². The van der Waals surface area contributed by atoms with Crippen molar-refractivity contribution in [3.05, 3.63) is 24.3 Å². The van der Waals surface area contributed by atoms with E-state index in [2.05, 4.69) is 23.8 Å². The Kier molecular flexibility index (Phi) is 4.11. The minimum absolute atomic E-state index is 0.558. The van der Waals surface area contributed by atoms with Gasteiger partial charge in [0.1, 0.15) is 6.33 Å². The van der Waals surface area contributed by atoms with Gasteiger partial charge in [0.05, 0.1) is 0 Å². The highest BCUT2D eigenvalue weighted by Gasteiger charge is 2.32. The van der Waals surface area contributed by atoms with Gasteiger partial charge in [0.15, 0.2) is 0 Å². The van der Waals surface area contributed by atoms with Crippen LogP contribution in [0.5, 0.6) is 0 Å². The summed E-state index contributed by atoms with van der Waals surface area (Å²) in [6, 6.07) is 0. The quantitative estimate of drug-likeness (QED) is 0.873. The minimum atomic E-state index is 0.558. The number of aromatic nitrogens is 2. The average Bonchev–Trinajstić information content (AvgIpc) is 2.39. The first-order chi connectivity index (χ1) is 8.22. The highest BCUT2D eigenvalue weighted by Crippen LogP contribution is 2.42. The zero-order chi connectivity index (χ0) is 12.3. The summed E-state index contributed by atoms with van der Waals surface area (Å²) in [5, 5.41) is 0. The van der Waals surface area contributed by atoms with Gasteiger partial charge in [-0.05, 0) is 55.0 Å². The molecule has 1 aliphatic carbocycles. The minimum Gasteiger partial charge on any atom is -0.330 e. The molecule has 1 fully saturated rings. The first-order valence-electron chi connectivity index (χ1n) is 6.67. The Labute approximate surface area is 104 Å². The molecule has 1 saturated carbocycles. The first-order valence-corrected chi connectivity index (χ1v) is 6.67. The van der Waals surface area contributed by atoms with Crippen LogP contribution in [-0.4, -0.2) is 16.5 Å². The van der Waals surface area contributed by atoms with E-state index in [4.69, 9.17) is 5.73 Å². The van der Waals surface area contributed by atoms with Crippen molar-refractivity contribution in [1.29, 1.82) is 0 Å². The average molecular weight is 233 g/mol. The molecular weight excluding hydrogens is 210 g/mol. The van der Waals surface area contributed by atoms with E-state index < -0.39 is 0 Å². The van der Waals surface area contributed by atoms with E-state index in [1.54, 1.807) is 6.33 Å². The smallest absolute Gasteiger partial charge is 0.115 e. The maximum Gasteiger partial charge on any atom is 0.115 e. The SMILES string of the molecule is CC(C)C1CCC(CN)C(c2cncnc2)C1. The molecule has 2 N–H and O–H groups in total. The lowest BCUT2D eigenvalue weighted by Gasteiger charge is -2.37. The summed E-state index contributed by atoms with van der Waals surface area (Å²) in [6.07, 6.45) is 9.34. The second-order valence-corrected chi connectivity index (χ2v) is 5.59. The van der Waals surface area contributed by atoms with E-state index in [1.807, 2.05) is 12.4 Å². The predicted molar refractivity (Wildman–Crippen MR) is 69.5 cm³/mol.